The van der Waals surface area contributed by atoms with Crippen molar-refractivity contribution in [2.24, 2.45) is 0 Å². The number of urea groups is 1. The number of carbonyl (C=O) groups excluding carboxylic acids is 2. The first-order valence-corrected chi connectivity index (χ1v) is 7.36. The van der Waals surface area contributed by atoms with E-state index in [0.717, 1.165) is 18.4 Å². The van der Waals surface area contributed by atoms with Gasteiger partial charge >= 0.3 is 12.0 Å². The Morgan fingerprint density at radius 1 is 1.53 bits per heavy atom. The first-order chi connectivity index (χ1) is 9.20. The highest BCUT2D eigenvalue weighted by Crippen LogP contribution is 2.28. The second kappa shape index (κ2) is 6.56. The van der Waals surface area contributed by atoms with Gasteiger partial charge in [0.05, 0.1) is 6.61 Å². The number of amides is 2. The fraction of sp³-hybridized carbons (Fsp3) is 0.538. The molecule has 0 unspecified atom stereocenters. The fourth-order valence-corrected chi connectivity index (χ4v) is 2.45. The Bertz CT molecular complexity index is 429. The zero-order valence-corrected chi connectivity index (χ0v) is 11.7. The topological polar surface area (TPSA) is 58.6 Å². The molecule has 2 amide bonds. The van der Waals surface area contributed by atoms with Gasteiger partial charge in [-0.15, -0.1) is 0 Å². The smallest absolute Gasteiger partial charge is 0.325 e. The molecule has 0 atom stereocenters. The molecule has 0 spiro atoms. The molecule has 2 rings (SSSR count). The Kier molecular flexibility index (Phi) is 4.79. The maximum absolute atomic E-state index is 12.1. The molecule has 1 aliphatic carbocycles. The van der Waals surface area contributed by atoms with Crippen LogP contribution in [-0.2, 0) is 16.1 Å². The van der Waals surface area contributed by atoms with E-state index in [1.165, 1.54) is 0 Å². The third kappa shape index (κ3) is 4.24. The summed E-state index contributed by atoms with van der Waals surface area (Å²) >= 11 is 1.62. The maximum Gasteiger partial charge on any atom is 0.325 e. The van der Waals surface area contributed by atoms with Gasteiger partial charge in [-0.3, -0.25) is 4.79 Å². The van der Waals surface area contributed by atoms with E-state index in [1.54, 1.807) is 23.2 Å². The summed E-state index contributed by atoms with van der Waals surface area (Å²) in [5.41, 5.74) is 1.13. The molecule has 1 aromatic heterocycles. The Morgan fingerprint density at radius 2 is 2.32 bits per heavy atom. The molecule has 1 heterocycles. The number of rotatable bonds is 6. The van der Waals surface area contributed by atoms with Crippen molar-refractivity contribution in [2.45, 2.75) is 32.4 Å². The lowest BCUT2D eigenvalue weighted by atomic mass is 10.3. The van der Waals surface area contributed by atoms with E-state index >= 15 is 0 Å². The zero-order chi connectivity index (χ0) is 13.7. The van der Waals surface area contributed by atoms with E-state index in [0.29, 0.717) is 19.2 Å². The van der Waals surface area contributed by atoms with Crippen LogP contribution >= 0.6 is 11.3 Å². The molecule has 104 valence electrons. The van der Waals surface area contributed by atoms with Gasteiger partial charge in [0.1, 0.15) is 6.54 Å². The Balaban J connectivity index is 1.84. The van der Waals surface area contributed by atoms with Crippen LogP contribution in [-0.4, -0.2) is 36.1 Å². The first kappa shape index (κ1) is 13.9. The minimum absolute atomic E-state index is 0.0699. The minimum Gasteiger partial charge on any atom is -0.465 e. The molecule has 0 aromatic carbocycles. The molecule has 6 heteroatoms. The van der Waals surface area contributed by atoms with Gasteiger partial charge in [-0.1, -0.05) is 0 Å². The molecule has 1 N–H and O–H groups in total. The standard InChI is InChI=1S/C13H18N2O3S/c1-2-18-12(16)7-14-13(17)15(11-3-4-11)8-10-5-6-19-9-10/h5-6,9,11H,2-4,7-8H2,1H3,(H,14,17). The second-order valence-corrected chi connectivity index (χ2v) is 5.23. The van der Waals surface area contributed by atoms with Gasteiger partial charge in [-0.2, -0.15) is 11.3 Å². The number of ether oxygens (including phenoxy) is 1. The average Bonchev–Trinajstić information content (AvgIpc) is 3.10. The minimum atomic E-state index is -0.401. The molecule has 5 nitrogen and oxygen atoms in total. The molecular weight excluding hydrogens is 264 g/mol. The lowest BCUT2D eigenvalue weighted by Gasteiger charge is -2.22. The van der Waals surface area contributed by atoms with Crippen LogP contribution in [0.25, 0.3) is 0 Å². The SMILES string of the molecule is CCOC(=O)CNC(=O)N(Cc1ccsc1)C1CC1. The van der Waals surface area contributed by atoms with Crippen LogP contribution in [0.1, 0.15) is 25.3 Å². The van der Waals surface area contributed by atoms with Crippen LogP contribution in [0.4, 0.5) is 4.79 Å². The summed E-state index contributed by atoms with van der Waals surface area (Å²) in [6.07, 6.45) is 2.08. The van der Waals surface area contributed by atoms with Crippen molar-refractivity contribution < 1.29 is 14.3 Å². The molecule has 1 saturated carbocycles. The highest BCUT2D eigenvalue weighted by molar-refractivity contribution is 7.07. The predicted molar refractivity (Wildman–Crippen MR) is 72.9 cm³/mol. The summed E-state index contributed by atoms with van der Waals surface area (Å²) in [6.45, 7) is 2.60. The molecule has 19 heavy (non-hydrogen) atoms. The third-order valence-corrected chi connectivity index (χ3v) is 3.60. The molecule has 0 bridgehead atoms. The summed E-state index contributed by atoms with van der Waals surface area (Å²) in [5, 5.41) is 6.65. The van der Waals surface area contributed by atoms with Crippen LogP contribution in [0, 0.1) is 0 Å². The molecule has 0 saturated heterocycles. The lowest BCUT2D eigenvalue weighted by Crippen LogP contribution is -2.43. The number of hydrogen-bond donors (Lipinski definition) is 1. The molecular formula is C13H18N2O3S. The van der Waals surface area contributed by atoms with Crippen LogP contribution in [0.3, 0.4) is 0 Å². The normalized spacial score (nSPS) is 13.9. The molecule has 0 aliphatic heterocycles. The zero-order valence-electron chi connectivity index (χ0n) is 10.9. The second-order valence-electron chi connectivity index (χ2n) is 4.45. The van der Waals surface area contributed by atoms with Crippen molar-refractivity contribution in [3.8, 4) is 0 Å². The van der Waals surface area contributed by atoms with Crippen molar-refractivity contribution >= 4 is 23.3 Å². The summed E-state index contributed by atoms with van der Waals surface area (Å²) in [7, 11) is 0. The summed E-state index contributed by atoms with van der Waals surface area (Å²) in [4.78, 5) is 25.1. The molecule has 1 aromatic rings. The highest BCUT2D eigenvalue weighted by Gasteiger charge is 2.32. The van der Waals surface area contributed by atoms with Gasteiger partial charge in [0, 0.05) is 12.6 Å². The van der Waals surface area contributed by atoms with Gasteiger partial charge < -0.3 is 15.0 Å². The van der Waals surface area contributed by atoms with E-state index in [-0.39, 0.29) is 12.6 Å². The highest BCUT2D eigenvalue weighted by atomic mass is 32.1. The largest absolute Gasteiger partial charge is 0.465 e. The number of nitrogens with one attached hydrogen (secondary N) is 1. The summed E-state index contributed by atoms with van der Waals surface area (Å²) < 4.78 is 4.78. The van der Waals surface area contributed by atoms with E-state index < -0.39 is 5.97 Å². The van der Waals surface area contributed by atoms with Crippen LogP contribution in [0.15, 0.2) is 16.8 Å². The number of hydrogen-bond acceptors (Lipinski definition) is 4. The monoisotopic (exact) mass is 282 g/mol. The lowest BCUT2D eigenvalue weighted by molar-refractivity contribution is -0.141. The van der Waals surface area contributed by atoms with Crippen LogP contribution in [0.2, 0.25) is 0 Å². The quantitative estimate of drug-likeness (QED) is 0.812. The maximum atomic E-state index is 12.1. The van der Waals surface area contributed by atoms with Gasteiger partial charge in [0.15, 0.2) is 0 Å². The van der Waals surface area contributed by atoms with Gasteiger partial charge in [-0.25, -0.2) is 4.79 Å². The van der Waals surface area contributed by atoms with E-state index in [9.17, 15) is 9.59 Å². The number of carbonyl (C=O) groups is 2. The van der Waals surface area contributed by atoms with Gasteiger partial charge in [-0.05, 0) is 42.2 Å². The van der Waals surface area contributed by atoms with Crippen molar-refractivity contribution in [1.29, 1.82) is 0 Å². The summed E-state index contributed by atoms with van der Waals surface area (Å²) in [5.74, 6) is -0.401. The first-order valence-electron chi connectivity index (χ1n) is 6.42. The van der Waals surface area contributed by atoms with Gasteiger partial charge in [0.2, 0.25) is 0 Å². The molecule has 1 fully saturated rings. The van der Waals surface area contributed by atoms with E-state index in [4.69, 9.17) is 4.74 Å². The Morgan fingerprint density at radius 3 is 2.89 bits per heavy atom. The van der Waals surface area contributed by atoms with Crippen LogP contribution < -0.4 is 5.32 Å². The van der Waals surface area contributed by atoms with Crippen molar-refractivity contribution in [3.05, 3.63) is 22.4 Å². The Labute approximate surface area is 116 Å². The van der Waals surface area contributed by atoms with E-state index in [2.05, 4.69) is 5.32 Å². The number of nitrogens with zero attached hydrogens (tertiary/aromatic N) is 1. The summed E-state index contributed by atoms with van der Waals surface area (Å²) in [6, 6.07) is 2.13. The fourth-order valence-electron chi connectivity index (χ4n) is 1.79. The van der Waals surface area contributed by atoms with Crippen molar-refractivity contribution in [2.75, 3.05) is 13.2 Å². The van der Waals surface area contributed by atoms with Gasteiger partial charge in [0.25, 0.3) is 0 Å². The third-order valence-electron chi connectivity index (χ3n) is 2.87. The molecule has 1 aliphatic rings. The van der Waals surface area contributed by atoms with Crippen LogP contribution in [0.5, 0.6) is 0 Å². The van der Waals surface area contributed by atoms with Crippen molar-refractivity contribution in [3.63, 3.8) is 0 Å². The number of thiophene rings is 1. The van der Waals surface area contributed by atoms with Crippen molar-refractivity contribution in [1.82, 2.24) is 10.2 Å². The Hall–Kier alpha value is -1.56. The predicted octanol–water partition coefficient (Wildman–Crippen LogP) is 1.99. The average molecular weight is 282 g/mol. The molecule has 0 radical (unpaired) electrons. The van der Waals surface area contributed by atoms with E-state index in [1.807, 2.05) is 16.8 Å². The number of esters is 1.